The third-order valence-corrected chi connectivity index (χ3v) is 3.81. The van der Waals surface area contributed by atoms with Gasteiger partial charge in [-0.3, -0.25) is 0 Å². The maximum atomic E-state index is 2.36. The van der Waals surface area contributed by atoms with Gasteiger partial charge in [0.05, 0.1) is 0 Å². The number of benzene rings is 1. The molecule has 2 aliphatic rings. The Morgan fingerprint density at radius 2 is 2.00 bits per heavy atom. The van der Waals surface area contributed by atoms with Crippen molar-refractivity contribution in [3.05, 3.63) is 64.8 Å². The summed E-state index contributed by atoms with van der Waals surface area (Å²) in [6.45, 7) is 4.44. The quantitative estimate of drug-likeness (QED) is 0.691. The van der Waals surface area contributed by atoms with Gasteiger partial charge in [0.2, 0.25) is 0 Å². The molecular weight excluding hydrogens is 204 g/mol. The summed E-state index contributed by atoms with van der Waals surface area (Å²) in [6, 6.07) is 6.73. The Balaban J connectivity index is 1.90. The lowest BCUT2D eigenvalue weighted by Crippen LogP contribution is -2.00. The van der Waals surface area contributed by atoms with Gasteiger partial charge in [0.1, 0.15) is 0 Å². The lowest BCUT2D eigenvalue weighted by atomic mass is 9.93. The van der Waals surface area contributed by atoms with E-state index in [1.54, 1.807) is 0 Å². The molecule has 0 nitrogen and oxygen atoms in total. The maximum Gasteiger partial charge on any atom is -0.000107 e. The third-order valence-electron chi connectivity index (χ3n) is 3.81. The molecule has 0 heteroatoms. The van der Waals surface area contributed by atoms with E-state index in [0.29, 0.717) is 11.8 Å². The molecule has 0 bridgehead atoms. The molecule has 0 heterocycles. The van der Waals surface area contributed by atoms with Gasteiger partial charge in [-0.2, -0.15) is 0 Å². The zero-order valence-corrected chi connectivity index (χ0v) is 10.5. The Labute approximate surface area is 103 Å². The van der Waals surface area contributed by atoms with E-state index >= 15 is 0 Å². The minimum Gasteiger partial charge on any atom is -0.0770 e. The van der Waals surface area contributed by atoms with Crippen LogP contribution in [-0.4, -0.2) is 0 Å². The number of hydrogen-bond donors (Lipinski definition) is 0. The molecule has 0 N–H and O–H groups in total. The molecule has 2 unspecified atom stereocenters. The molecule has 86 valence electrons. The summed E-state index contributed by atoms with van der Waals surface area (Å²) in [5.41, 5.74) is 5.84. The van der Waals surface area contributed by atoms with Crippen molar-refractivity contribution >= 4 is 6.08 Å². The fraction of sp³-hybridized carbons (Fsp3) is 0.294. The van der Waals surface area contributed by atoms with Crippen LogP contribution in [-0.2, 0) is 6.42 Å². The standard InChI is InChI=1S/C17H18/c1-12-6-8-14(10-12)11-15-4-3-5-16-13(2)7-9-17(15)16/h3-10,13-14H,11H2,1-2H3. The van der Waals surface area contributed by atoms with Crippen molar-refractivity contribution in [3.8, 4) is 0 Å². The molecule has 3 rings (SSSR count). The van der Waals surface area contributed by atoms with Crippen molar-refractivity contribution in [2.24, 2.45) is 5.92 Å². The average Bonchev–Trinajstić information content (AvgIpc) is 2.88. The second-order valence-electron chi connectivity index (χ2n) is 5.21. The Kier molecular flexibility index (Phi) is 2.51. The third kappa shape index (κ3) is 1.88. The smallest absolute Gasteiger partial charge is 0.000107 e. The van der Waals surface area contributed by atoms with Gasteiger partial charge in [-0.25, -0.2) is 0 Å². The van der Waals surface area contributed by atoms with Gasteiger partial charge >= 0.3 is 0 Å². The van der Waals surface area contributed by atoms with E-state index in [9.17, 15) is 0 Å². The van der Waals surface area contributed by atoms with Crippen molar-refractivity contribution in [3.63, 3.8) is 0 Å². The first-order chi connectivity index (χ1) is 8.24. The first-order valence-electron chi connectivity index (χ1n) is 6.40. The van der Waals surface area contributed by atoms with Crippen LogP contribution in [0.25, 0.3) is 6.08 Å². The monoisotopic (exact) mass is 222 g/mol. The van der Waals surface area contributed by atoms with Crippen molar-refractivity contribution < 1.29 is 0 Å². The molecule has 0 fully saturated rings. The van der Waals surface area contributed by atoms with Crippen LogP contribution in [0.1, 0.15) is 36.5 Å². The van der Waals surface area contributed by atoms with Gasteiger partial charge in [-0.15, -0.1) is 0 Å². The first-order valence-corrected chi connectivity index (χ1v) is 6.40. The van der Waals surface area contributed by atoms with Crippen molar-refractivity contribution in [2.45, 2.75) is 26.2 Å². The Morgan fingerprint density at radius 3 is 2.76 bits per heavy atom. The Hall–Kier alpha value is -1.56. The van der Waals surface area contributed by atoms with Crippen LogP contribution >= 0.6 is 0 Å². The summed E-state index contributed by atoms with van der Waals surface area (Å²) in [5.74, 6) is 1.17. The van der Waals surface area contributed by atoms with E-state index in [2.05, 4.69) is 62.4 Å². The van der Waals surface area contributed by atoms with Crippen LogP contribution in [0.4, 0.5) is 0 Å². The average molecular weight is 222 g/mol. The van der Waals surface area contributed by atoms with Crippen LogP contribution in [0.5, 0.6) is 0 Å². The Bertz CT molecular complexity index is 529. The highest BCUT2D eigenvalue weighted by Gasteiger charge is 2.17. The summed E-state index contributed by atoms with van der Waals surface area (Å²) in [6.07, 6.45) is 12.6. The number of fused-ring (bicyclic) bond motifs is 1. The van der Waals surface area contributed by atoms with E-state index in [1.165, 1.54) is 22.3 Å². The molecule has 0 saturated carbocycles. The van der Waals surface area contributed by atoms with Gasteiger partial charge in [0.25, 0.3) is 0 Å². The summed E-state index contributed by atoms with van der Waals surface area (Å²) in [5, 5.41) is 0. The molecule has 1 aromatic rings. The SMILES string of the molecule is CC1=CC(Cc2cccc3c2C=CC3C)C=C1. The fourth-order valence-corrected chi connectivity index (χ4v) is 2.86. The lowest BCUT2D eigenvalue weighted by molar-refractivity contribution is 0.810. The van der Waals surface area contributed by atoms with Gasteiger partial charge in [-0.1, -0.05) is 61.1 Å². The number of rotatable bonds is 2. The predicted octanol–water partition coefficient (Wildman–Crippen LogP) is 4.49. The topological polar surface area (TPSA) is 0 Å². The van der Waals surface area contributed by atoms with E-state index in [4.69, 9.17) is 0 Å². The van der Waals surface area contributed by atoms with E-state index in [1.807, 2.05) is 0 Å². The summed E-state index contributed by atoms with van der Waals surface area (Å²) in [4.78, 5) is 0. The van der Waals surface area contributed by atoms with Crippen LogP contribution in [0.2, 0.25) is 0 Å². The lowest BCUT2D eigenvalue weighted by Gasteiger charge is -2.12. The summed E-state index contributed by atoms with van der Waals surface area (Å²) < 4.78 is 0. The highest BCUT2D eigenvalue weighted by atomic mass is 14.2. The molecule has 0 saturated heterocycles. The molecular formula is C17H18. The molecule has 17 heavy (non-hydrogen) atoms. The first kappa shape index (κ1) is 10.6. The van der Waals surface area contributed by atoms with Crippen LogP contribution in [0.15, 0.2) is 48.1 Å². The van der Waals surface area contributed by atoms with Crippen LogP contribution < -0.4 is 0 Å². The largest absolute Gasteiger partial charge is 0.0770 e. The molecule has 0 radical (unpaired) electrons. The van der Waals surface area contributed by atoms with Crippen LogP contribution in [0.3, 0.4) is 0 Å². The Morgan fingerprint density at radius 1 is 1.12 bits per heavy atom. The van der Waals surface area contributed by atoms with Crippen molar-refractivity contribution in [2.75, 3.05) is 0 Å². The number of hydrogen-bond acceptors (Lipinski definition) is 0. The second-order valence-corrected chi connectivity index (χ2v) is 5.21. The molecule has 0 amide bonds. The van der Waals surface area contributed by atoms with Gasteiger partial charge < -0.3 is 0 Å². The predicted molar refractivity (Wildman–Crippen MR) is 74.0 cm³/mol. The fourth-order valence-electron chi connectivity index (χ4n) is 2.86. The summed E-state index contributed by atoms with van der Waals surface area (Å²) >= 11 is 0. The maximum absolute atomic E-state index is 2.36. The molecule has 2 aliphatic carbocycles. The minimum absolute atomic E-state index is 0.585. The summed E-state index contributed by atoms with van der Waals surface area (Å²) in [7, 11) is 0. The van der Waals surface area contributed by atoms with Gasteiger partial charge in [-0.05, 0) is 41.9 Å². The molecule has 0 spiro atoms. The van der Waals surface area contributed by atoms with E-state index in [0.717, 1.165) is 6.42 Å². The zero-order valence-electron chi connectivity index (χ0n) is 10.5. The van der Waals surface area contributed by atoms with Crippen molar-refractivity contribution in [1.82, 2.24) is 0 Å². The molecule has 0 aliphatic heterocycles. The molecule has 2 atom stereocenters. The minimum atomic E-state index is 0.585. The normalized spacial score (nSPS) is 25.2. The van der Waals surface area contributed by atoms with E-state index in [-0.39, 0.29) is 0 Å². The van der Waals surface area contributed by atoms with Crippen molar-refractivity contribution in [1.29, 1.82) is 0 Å². The second kappa shape index (κ2) is 4.03. The highest BCUT2D eigenvalue weighted by molar-refractivity contribution is 5.65. The van der Waals surface area contributed by atoms with Gasteiger partial charge in [0.15, 0.2) is 0 Å². The highest BCUT2D eigenvalue weighted by Crippen LogP contribution is 2.33. The molecule has 0 aromatic heterocycles. The van der Waals surface area contributed by atoms with E-state index < -0.39 is 0 Å². The zero-order chi connectivity index (χ0) is 11.8. The number of allylic oxidation sites excluding steroid dienone is 5. The molecule has 1 aromatic carbocycles. The van der Waals surface area contributed by atoms with Crippen LogP contribution in [0, 0.1) is 5.92 Å². The van der Waals surface area contributed by atoms with Gasteiger partial charge in [0, 0.05) is 0 Å².